The van der Waals surface area contributed by atoms with E-state index in [0.29, 0.717) is 5.69 Å². The number of hydrogen-bond donors (Lipinski definition) is 1. The second-order valence-corrected chi connectivity index (χ2v) is 4.81. The van der Waals surface area contributed by atoms with E-state index in [1.807, 2.05) is 13.0 Å². The predicted octanol–water partition coefficient (Wildman–Crippen LogP) is 3.29. The molecule has 0 aliphatic rings. The molecule has 1 N–H and O–H groups in total. The summed E-state index contributed by atoms with van der Waals surface area (Å²) in [6, 6.07) is 7.19. The monoisotopic (exact) mass is 325 g/mol. The van der Waals surface area contributed by atoms with Crippen molar-refractivity contribution in [3.8, 4) is 0 Å². The Hall–Kier alpha value is -1.62. The number of benzene rings is 1. The van der Waals surface area contributed by atoms with E-state index in [4.69, 9.17) is 4.74 Å². The van der Waals surface area contributed by atoms with Gasteiger partial charge in [-0.15, -0.1) is 0 Å². The molecule has 4 nitrogen and oxygen atoms in total. The van der Waals surface area contributed by atoms with Crippen LogP contribution >= 0.6 is 15.9 Å². The number of halogens is 1. The highest BCUT2D eigenvalue weighted by molar-refractivity contribution is 9.10. The molecule has 0 bridgehead atoms. The molecule has 1 aromatic rings. The van der Waals surface area contributed by atoms with Gasteiger partial charge in [0.25, 0.3) is 5.91 Å². The molecule has 1 rings (SSSR count). The number of carbonyl (C=O) groups excluding carboxylic acids is 2. The molecule has 102 valence electrons. The highest BCUT2D eigenvalue weighted by Gasteiger charge is 2.16. The molecule has 0 aromatic heterocycles. The van der Waals surface area contributed by atoms with Crippen LogP contribution in [-0.2, 0) is 14.3 Å². The van der Waals surface area contributed by atoms with Crippen LogP contribution < -0.4 is 5.32 Å². The summed E-state index contributed by atoms with van der Waals surface area (Å²) < 4.78 is 5.83. The van der Waals surface area contributed by atoms with Crippen molar-refractivity contribution in [1.29, 1.82) is 0 Å². The highest BCUT2D eigenvalue weighted by atomic mass is 79.9. The Morgan fingerprint density at radius 3 is 2.84 bits per heavy atom. The number of allylic oxidation sites excluding steroid dienone is 1. The Morgan fingerprint density at radius 1 is 1.47 bits per heavy atom. The minimum atomic E-state index is -0.840. The van der Waals surface area contributed by atoms with Crippen molar-refractivity contribution in [1.82, 2.24) is 0 Å². The smallest absolute Gasteiger partial charge is 0.331 e. The first-order chi connectivity index (χ1) is 9.02. The Kier molecular flexibility index (Phi) is 6.29. The second kappa shape index (κ2) is 7.74. The molecule has 0 spiro atoms. The van der Waals surface area contributed by atoms with E-state index in [-0.39, 0.29) is 5.91 Å². The summed E-state index contributed by atoms with van der Waals surface area (Å²) in [5.41, 5.74) is 0.645. The largest absolute Gasteiger partial charge is 0.449 e. The number of amides is 1. The first-order valence-corrected chi connectivity index (χ1v) is 6.75. The number of carbonyl (C=O) groups is 2. The van der Waals surface area contributed by atoms with E-state index in [1.165, 1.54) is 13.0 Å². The average Bonchev–Trinajstić information content (AvgIpc) is 2.36. The third-order valence-corrected chi connectivity index (χ3v) is 2.74. The summed E-state index contributed by atoms with van der Waals surface area (Å²) in [5, 5.41) is 2.67. The lowest BCUT2D eigenvalue weighted by Gasteiger charge is -2.12. The van der Waals surface area contributed by atoms with Gasteiger partial charge in [0.15, 0.2) is 6.10 Å². The van der Waals surface area contributed by atoms with Gasteiger partial charge in [-0.3, -0.25) is 4.79 Å². The van der Waals surface area contributed by atoms with Crippen LogP contribution in [0.5, 0.6) is 0 Å². The van der Waals surface area contributed by atoms with Crippen molar-refractivity contribution in [2.75, 3.05) is 5.32 Å². The van der Waals surface area contributed by atoms with Crippen LogP contribution in [0.25, 0.3) is 0 Å². The molecular weight excluding hydrogens is 310 g/mol. The lowest BCUT2D eigenvalue weighted by Crippen LogP contribution is -2.29. The van der Waals surface area contributed by atoms with Crippen molar-refractivity contribution in [3.05, 3.63) is 40.9 Å². The van der Waals surface area contributed by atoms with E-state index >= 15 is 0 Å². The van der Waals surface area contributed by atoms with Crippen LogP contribution in [0.2, 0.25) is 0 Å². The van der Waals surface area contributed by atoms with Crippen molar-refractivity contribution in [3.63, 3.8) is 0 Å². The van der Waals surface area contributed by atoms with Crippen molar-refractivity contribution in [2.45, 2.75) is 26.4 Å². The summed E-state index contributed by atoms with van der Waals surface area (Å²) in [4.78, 5) is 23.1. The van der Waals surface area contributed by atoms with E-state index in [2.05, 4.69) is 21.2 Å². The summed E-state index contributed by atoms with van der Waals surface area (Å²) in [7, 11) is 0. The van der Waals surface area contributed by atoms with E-state index in [9.17, 15) is 9.59 Å². The maximum atomic E-state index is 11.8. The van der Waals surface area contributed by atoms with Crippen LogP contribution in [0.15, 0.2) is 40.9 Å². The number of esters is 1. The van der Waals surface area contributed by atoms with Gasteiger partial charge in [-0.25, -0.2) is 4.79 Å². The summed E-state index contributed by atoms with van der Waals surface area (Å²) in [5.74, 6) is -0.880. The van der Waals surface area contributed by atoms with Gasteiger partial charge in [-0.05, 0) is 31.5 Å². The third kappa shape index (κ3) is 5.70. The average molecular weight is 326 g/mol. The molecule has 0 radical (unpaired) electrons. The van der Waals surface area contributed by atoms with Gasteiger partial charge in [0, 0.05) is 16.2 Å². The summed E-state index contributed by atoms with van der Waals surface area (Å²) in [6.07, 6.45) is 2.91. The molecule has 19 heavy (non-hydrogen) atoms. The minimum absolute atomic E-state index is 0.364. The van der Waals surface area contributed by atoms with Crippen LogP contribution in [0.4, 0.5) is 5.69 Å². The number of ether oxygens (including phenoxy) is 1. The number of anilines is 1. The zero-order valence-corrected chi connectivity index (χ0v) is 12.4. The van der Waals surface area contributed by atoms with Gasteiger partial charge >= 0.3 is 5.97 Å². The number of rotatable bonds is 5. The normalized spacial score (nSPS) is 12.2. The zero-order valence-electron chi connectivity index (χ0n) is 10.9. The fourth-order valence-corrected chi connectivity index (χ4v) is 1.69. The van der Waals surface area contributed by atoms with E-state index in [1.54, 1.807) is 24.3 Å². The SMILES string of the molecule is CC/C=C/C(=O)O[C@@H](C)C(=O)Nc1cccc(Br)c1. The highest BCUT2D eigenvalue weighted by Crippen LogP contribution is 2.16. The molecule has 1 atom stereocenters. The maximum absolute atomic E-state index is 11.8. The number of nitrogens with one attached hydrogen (secondary N) is 1. The van der Waals surface area contributed by atoms with Crippen molar-refractivity contribution in [2.24, 2.45) is 0 Å². The molecule has 0 saturated carbocycles. The maximum Gasteiger partial charge on any atom is 0.331 e. The fourth-order valence-electron chi connectivity index (χ4n) is 1.29. The molecule has 0 saturated heterocycles. The molecule has 0 unspecified atom stereocenters. The minimum Gasteiger partial charge on any atom is -0.449 e. The molecule has 1 aromatic carbocycles. The lowest BCUT2D eigenvalue weighted by molar-refractivity contribution is -0.148. The topological polar surface area (TPSA) is 55.4 Å². The van der Waals surface area contributed by atoms with Gasteiger partial charge in [0.05, 0.1) is 0 Å². The van der Waals surface area contributed by atoms with E-state index in [0.717, 1.165) is 10.9 Å². The Bertz CT molecular complexity index is 485. The van der Waals surface area contributed by atoms with Crippen molar-refractivity contribution >= 4 is 33.5 Å². The molecular formula is C14H16BrNO3. The summed E-state index contributed by atoms with van der Waals surface area (Å²) >= 11 is 3.31. The first kappa shape index (κ1) is 15.4. The van der Waals surface area contributed by atoms with Gasteiger partial charge in [-0.2, -0.15) is 0 Å². The summed E-state index contributed by atoms with van der Waals surface area (Å²) in [6.45, 7) is 3.44. The first-order valence-electron chi connectivity index (χ1n) is 5.96. The van der Waals surface area contributed by atoms with Crippen LogP contribution in [0.1, 0.15) is 20.3 Å². The van der Waals surface area contributed by atoms with Crippen molar-refractivity contribution < 1.29 is 14.3 Å². The van der Waals surface area contributed by atoms with Crippen LogP contribution in [0, 0.1) is 0 Å². The molecule has 0 fully saturated rings. The van der Waals surface area contributed by atoms with Gasteiger partial charge in [0.2, 0.25) is 0 Å². The Balaban J connectivity index is 2.53. The van der Waals surface area contributed by atoms with E-state index < -0.39 is 12.1 Å². The molecule has 1 amide bonds. The Labute approximate surface area is 121 Å². The zero-order chi connectivity index (χ0) is 14.3. The number of hydrogen-bond acceptors (Lipinski definition) is 3. The van der Waals surface area contributed by atoms with Gasteiger partial charge in [0.1, 0.15) is 0 Å². The molecule has 0 aliphatic carbocycles. The molecule has 0 aliphatic heterocycles. The predicted molar refractivity (Wildman–Crippen MR) is 77.8 cm³/mol. The standard InChI is InChI=1S/C14H16BrNO3/c1-3-4-8-13(17)19-10(2)14(18)16-12-7-5-6-11(15)9-12/h4-10H,3H2,1-2H3,(H,16,18)/b8-4+/t10-/m0/s1. The van der Waals surface area contributed by atoms with Crippen LogP contribution in [-0.4, -0.2) is 18.0 Å². The van der Waals surface area contributed by atoms with Gasteiger partial charge in [-0.1, -0.05) is 35.0 Å². The quantitative estimate of drug-likeness (QED) is 0.667. The molecule has 0 heterocycles. The molecule has 5 heteroatoms. The third-order valence-electron chi connectivity index (χ3n) is 2.24. The van der Waals surface area contributed by atoms with Crippen LogP contribution in [0.3, 0.4) is 0 Å². The fraction of sp³-hybridized carbons (Fsp3) is 0.286. The van der Waals surface area contributed by atoms with Gasteiger partial charge < -0.3 is 10.1 Å². The lowest BCUT2D eigenvalue weighted by atomic mass is 10.3. The Morgan fingerprint density at radius 2 is 2.21 bits per heavy atom. The second-order valence-electron chi connectivity index (χ2n) is 3.89.